The van der Waals surface area contributed by atoms with Gasteiger partial charge in [-0.25, -0.2) is 4.98 Å². The molecule has 29 heavy (non-hydrogen) atoms. The molecular formula is C23H19ClN4O. The topological polar surface area (TPSA) is 73.3 Å². The number of aromatic nitrogens is 2. The van der Waals surface area contributed by atoms with E-state index in [2.05, 4.69) is 33.7 Å². The fourth-order valence-corrected chi connectivity index (χ4v) is 3.66. The Morgan fingerprint density at radius 2 is 1.72 bits per heavy atom. The first-order valence-corrected chi connectivity index (χ1v) is 9.10. The molecule has 6 heteroatoms. The second-order valence-corrected chi connectivity index (χ2v) is 6.79. The van der Waals surface area contributed by atoms with Crippen molar-refractivity contribution >= 4 is 62.3 Å². The third-order valence-electron chi connectivity index (χ3n) is 5.04. The summed E-state index contributed by atoms with van der Waals surface area (Å²) < 4.78 is 0. The summed E-state index contributed by atoms with van der Waals surface area (Å²) >= 11 is 0. The summed E-state index contributed by atoms with van der Waals surface area (Å²) in [5.41, 5.74) is 5.37. The molecule has 0 atom stereocenters. The molecule has 2 heterocycles. The Morgan fingerprint density at radius 3 is 2.55 bits per heavy atom. The van der Waals surface area contributed by atoms with Crippen molar-refractivity contribution in [2.45, 2.75) is 6.92 Å². The van der Waals surface area contributed by atoms with Crippen LogP contribution >= 0.6 is 12.4 Å². The van der Waals surface area contributed by atoms with Crippen LogP contribution < -0.4 is 5.32 Å². The van der Waals surface area contributed by atoms with Crippen molar-refractivity contribution in [1.29, 1.82) is 0 Å². The highest BCUT2D eigenvalue weighted by atomic mass is 35.5. The van der Waals surface area contributed by atoms with Gasteiger partial charge in [0.15, 0.2) is 0 Å². The van der Waals surface area contributed by atoms with Gasteiger partial charge >= 0.3 is 0 Å². The number of H-pyrrole nitrogens is 1. The maximum absolute atomic E-state index is 9.07. The predicted octanol–water partition coefficient (Wildman–Crippen LogP) is 6.23. The number of para-hydroxylation sites is 2. The molecular weight excluding hydrogens is 384 g/mol. The first-order chi connectivity index (χ1) is 13.7. The molecule has 2 aromatic heterocycles. The molecule has 0 radical (unpaired) electrons. The van der Waals surface area contributed by atoms with Crippen LogP contribution in [0.1, 0.15) is 12.5 Å². The lowest BCUT2D eigenvalue weighted by atomic mass is 10.1. The molecule has 0 bridgehead atoms. The van der Waals surface area contributed by atoms with Gasteiger partial charge in [-0.15, -0.1) is 12.4 Å². The minimum atomic E-state index is 0. The van der Waals surface area contributed by atoms with Crippen LogP contribution in [0, 0.1) is 0 Å². The van der Waals surface area contributed by atoms with Gasteiger partial charge in [-0.2, -0.15) is 0 Å². The van der Waals surface area contributed by atoms with Crippen LogP contribution in [0.25, 0.3) is 32.7 Å². The van der Waals surface area contributed by atoms with Gasteiger partial charge in [-0.05, 0) is 31.2 Å². The molecule has 0 unspecified atom stereocenters. The number of hydrogen-bond acceptors (Lipinski definition) is 4. The molecule has 0 spiro atoms. The van der Waals surface area contributed by atoms with Crippen LogP contribution in [0.3, 0.4) is 0 Å². The summed E-state index contributed by atoms with van der Waals surface area (Å²) in [4.78, 5) is 8.46. The normalized spacial score (nSPS) is 11.7. The van der Waals surface area contributed by atoms with Crippen molar-refractivity contribution in [2.24, 2.45) is 5.16 Å². The van der Waals surface area contributed by atoms with Gasteiger partial charge in [-0.3, -0.25) is 0 Å². The zero-order valence-electron chi connectivity index (χ0n) is 15.7. The second-order valence-electron chi connectivity index (χ2n) is 6.79. The smallest absolute Gasteiger partial charge is 0.141 e. The van der Waals surface area contributed by atoms with Crippen LogP contribution in [0.5, 0.6) is 0 Å². The van der Waals surface area contributed by atoms with E-state index in [0.717, 1.165) is 49.8 Å². The van der Waals surface area contributed by atoms with Crippen molar-refractivity contribution in [2.75, 3.05) is 5.32 Å². The van der Waals surface area contributed by atoms with E-state index in [4.69, 9.17) is 10.2 Å². The molecule has 5 aromatic rings. The summed E-state index contributed by atoms with van der Waals surface area (Å²) in [5.74, 6) is 0.793. The number of halogens is 1. The summed E-state index contributed by atoms with van der Waals surface area (Å²) in [7, 11) is 0. The Balaban J connectivity index is 0.00000205. The zero-order valence-corrected chi connectivity index (χ0v) is 16.5. The van der Waals surface area contributed by atoms with E-state index >= 15 is 0 Å². The molecule has 0 fully saturated rings. The Hall–Kier alpha value is -3.57. The van der Waals surface area contributed by atoms with Crippen molar-refractivity contribution in [3.05, 3.63) is 78.4 Å². The summed E-state index contributed by atoms with van der Waals surface area (Å²) in [6.45, 7) is 1.77. The standard InChI is InChI=1S/C23H18N4O.ClH/c1-14(27-28)15-7-6-8-16(13-15)24-23-21-17-9-2-4-11-19(17)25-22(21)18-10-3-5-12-20(18)26-23;/h2-13,25,28H,1H3,(H,24,26);1H. The van der Waals surface area contributed by atoms with E-state index in [1.54, 1.807) is 6.92 Å². The number of oxime groups is 1. The molecule has 0 saturated heterocycles. The van der Waals surface area contributed by atoms with E-state index in [1.807, 2.05) is 54.6 Å². The quantitative estimate of drug-likeness (QED) is 0.190. The molecule has 144 valence electrons. The monoisotopic (exact) mass is 402 g/mol. The van der Waals surface area contributed by atoms with Gasteiger partial charge in [0.2, 0.25) is 0 Å². The highest BCUT2D eigenvalue weighted by Crippen LogP contribution is 2.36. The fraction of sp³-hybridized carbons (Fsp3) is 0.0435. The lowest BCUT2D eigenvalue weighted by Crippen LogP contribution is -1.99. The number of fused-ring (bicyclic) bond motifs is 5. The highest BCUT2D eigenvalue weighted by molar-refractivity contribution is 6.20. The SMILES string of the molecule is CC(=NO)c1cccc(Nc2nc3ccccc3c3[nH]c4ccccc4c23)c1.Cl. The number of pyridine rings is 1. The van der Waals surface area contributed by atoms with Crippen molar-refractivity contribution in [3.8, 4) is 0 Å². The predicted molar refractivity (Wildman–Crippen MR) is 122 cm³/mol. The maximum atomic E-state index is 9.07. The Bertz CT molecular complexity index is 1370. The van der Waals surface area contributed by atoms with Crippen LogP contribution in [-0.4, -0.2) is 20.9 Å². The van der Waals surface area contributed by atoms with Crippen molar-refractivity contribution in [1.82, 2.24) is 9.97 Å². The summed E-state index contributed by atoms with van der Waals surface area (Å²) in [6.07, 6.45) is 0. The zero-order chi connectivity index (χ0) is 19.1. The number of hydrogen-bond donors (Lipinski definition) is 3. The number of benzene rings is 3. The third-order valence-corrected chi connectivity index (χ3v) is 5.04. The first kappa shape index (κ1) is 18.8. The second kappa shape index (κ2) is 7.45. The molecule has 5 nitrogen and oxygen atoms in total. The maximum Gasteiger partial charge on any atom is 0.141 e. The Kier molecular flexibility index (Phi) is 4.82. The third kappa shape index (κ3) is 3.15. The van der Waals surface area contributed by atoms with Gasteiger partial charge in [-0.1, -0.05) is 53.7 Å². The van der Waals surface area contributed by atoms with Gasteiger partial charge in [0, 0.05) is 27.5 Å². The molecule has 3 N–H and O–H groups in total. The van der Waals surface area contributed by atoms with Gasteiger partial charge in [0.1, 0.15) is 5.82 Å². The average molecular weight is 403 g/mol. The van der Waals surface area contributed by atoms with Crippen LogP contribution in [0.15, 0.2) is 78.0 Å². The minimum Gasteiger partial charge on any atom is -0.411 e. The van der Waals surface area contributed by atoms with Crippen molar-refractivity contribution in [3.63, 3.8) is 0 Å². The lowest BCUT2D eigenvalue weighted by molar-refractivity contribution is 0.319. The molecule has 3 aromatic carbocycles. The summed E-state index contributed by atoms with van der Waals surface area (Å²) in [6, 6.07) is 24.2. The number of nitrogens with one attached hydrogen (secondary N) is 2. The molecule has 5 rings (SSSR count). The molecule has 0 saturated carbocycles. The van der Waals surface area contributed by atoms with E-state index in [1.165, 1.54) is 0 Å². The van der Waals surface area contributed by atoms with E-state index in [0.29, 0.717) is 5.71 Å². The van der Waals surface area contributed by atoms with Gasteiger partial charge in [0.05, 0.1) is 22.1 Å². The molecule has 0 aliphatic heterocycles. The molecule has 0 aliphatic rings. The number of aromatic amines is 1. The Morgan fingerprint density at radius 1 is 0.966 bits per heavy atom. The van der Waals surface area contributed by atoms with Crippen LogP contribution in [0.4, 0.5) is 11.5 Å². The van der Waals surface area contributed by atoms with E-state index < -0.39 is 0 Å². The van der Waals surface area contributed by atoms with Crippen LogP contribution in [-0.2, 0) is 0 Å². The van der Waals surface area contributed by atoms with E-state index in [-0.39, 0.29) is 12.4 Å². The molecule has 0 amide bonds. The summed E-state index contributed by atoms with van der Waals surface area (Å²) in [5, 5.41) is 19.1. The molecule has 0 aliphatic carbocycles. The minimum absolute atomic E-state index is 0. The Labute approximate surface area is 173 Å². The average Bonchev–Trinajstić information content (AvgIpc) is 3.14. The van der Waals surface area contributed by atoms with E-state index in [9.17, 15) is 0 Å². The first-order valence-electron chi connectivity index (χ1n) is 9.10. The highest BCUT2D eigenvalue weighted by Gasteiger charge is 2.14. The number of nitrogens with zero attached hydrogens (tertiary/aromatic N) is 2. The van der Waals surface area contributed by atoms with Gasteiger partial charge < -0.3 is 15.5 Å². The van der Waals surface area contributed by atoms with Crippen molar-refractivity contribution < 1.29 is 5.21 Å². The van der Waals surface area contributed by atoms with Gasteiger partial charge in [0.25, 0.3) is 0 Å². The fourth-order valence-electron chi connectivity index (χ4n) is 3.66. The van der Waals surface area contributed by atoms with Crippen LogP contribution in [0.2, 0.25) is 0 Å². The number of rotatable bonds is 3. The lowest BCUT2D eigenvalue weighted by Gasteiger charge is -2.11. The number of anilines is 2. The largest absolute Gasteiger partial charge is 0.411 e.